The van der Waals surface area contributed by atoms with Gasteiger partial charge in [0.25, 0.3) is 0 Å². The van der Waals surface area contributed by atoms with Crippen LogP contribution in [0.2, 0.25) is 0 Å². The number of nitrogens with zero attached hydrogens (tertiary/aromatic N) is 3. The minimum atomic E-state index is -0.0771. The molecule has 1 N–H and O–H groups in total. The fourth-order valence-corrected chi connectivity index (χ4v) is 4.69. The average molecular weight is 247 g/mol. The second kappa shape index (κ2) is 3.81. The first-order valence-electron chi connectivity index (χ1n) is 7.19. The molecule has 0 radical (unpaired) electrons. The molecule has 0 aromatic carbocycles. The second-order valence-electron chi connectivity index (χ2n) is 6.24. The Hall–Kier alpha value is -0.870. The third kappa shape index (κ3) is 1.36. The Labute approximate surface area is 108 Å². The topological polar surface area (TPSA) is 41.3 Å². The van der Waals surface area contributed by atoms with E-state index in [-0.39, 0.29) is 6.10 Å². The molecule has 5 unspecified atom stereocenters. The van der Waals surface area contributed by atoms with E-state index in [4.69, 9.17) is 0 Å². The van der Waals surface area contributed by atoms with Gasteiger partial charge in [-0.15, -0.1) is 0 Å². The number of aryl methyl sites for hydroxylation is 1. The van der Waals surface area contributed by atoms with Crippen molar-refractivity contribution in [2.24, 2.45) is 17.8 Å². The molecule has 4 rings (SSSR count). The first-order valence-corrected chi connectivity index (χ1v) is 7.19. The van der Waals surface area contributed by atoms with Crippen LogP contribution in [0.4, 0.5) is 0 Å². The summed E-state index contributed by atoms with van der Waals surface area (Å²) in [5.41, 5.74) is 1.29. The molecule has 1 aromatic rings. The van der Waals surface area contributed by atoms with E-state index in [1.54, 1.807) is 0 Å². The summed E-state index contributed by atoms with van der Waals surface area (Å²) in [6, 6.07) is 0.425. The fourth-order valence-electron chi connectivity index (χ4n) is 4.69. The normalized spacial score (nSPS) is 42.0. The predicted octanol–water partition coefficient (Wildman–Crippen LogP) is 1.10. The van der Waals surface area contributed by atoms with Crippen LogP contribution in [0, 0.1) is 17.8 Å². The molecule has 98 valence electrons. The molecular formula is C14H21N3O. The lowest BCUT2D eigenvalue weighted by molar-refractivity contribution is 0.0477. The van der Waals surface area contributed by atoms with Crippen LogP contribution in [0.3, 0.4) is 0 Å². The number of aromatic nitrogens is 2. The first-order chi connectivity index (χ1) is 8.78. The van der Waals surface area contributed by atoms with Gasteiger partial charge in [0.15, 0.2) is 0 Å². The maximum Gasteiger partial charge on any atom is 0.0948 e. The van der Waals surface area contributed by atoms with E-state index in [1.165, 1.54) is 25.1 Å². The van der Waals surface area contributed by atoms with Crippen LogP contribution in [0.15, 0.2) is 12.5 Å². The van der Waals surface area contributed by atoms with Crippen molar-refractivity contribution in [3.05, 3.63) is 18.2 Å². The Kier molecular flexibility index (Phi) is 2.33. The van der Waals surface area contributed by atoms with Crippen LogP contribution in [0.5, 0.6) is 0 Å². The summed E-state index contributed by atoms with van der Waals surface area (Å²) in [7, 11) is 0. The van der Waals surface area contributed by atoms with Crippen LogP contribution in [-0.4, -0.2) is 38.2 Å². The van der Waals surface area contributed by atoms with Crippen LogP contribution in [-0.2, 0) is 13.1 Å². The van der Waals surface area contributed by atoms with E-state index in [1.807, 2.05) is 12.5 Å². The molecule has 0 amide bonds. The molecule has 1 saturated heterocycles. The van der Waals surface area contributed by atoms with Gasteiger partial charge in [0, 0.05) is 31.9 Å². The highest BCUT2D eigenvalue weighted by Crippen LogP contribution is 2.55. The molecule has 1 aromatic heterocycles. The third-order valence-corrected chi connectivity index (χ3v) is 5.45. The lowest BCUT2D eigenvalue weighted by atomic mass is 9.88. The Morgan fingerprint density at radius 2 is 2.28 bits per heavy atom. The number of fused-ring (bicyclic) bond motifs is 1. The van der Waals surface area contributed by atoms with Crippen molar-refractivity contribution in [3.63, 3.8) is 0 Å². The Balaban J connectivity index is 1.57. The minimum absolute atomic E-state index is 0.0771. The number of hydrogen-bond donors (Lipinski definition) is 1. The van der Waals surface area contributed by atoms with Crippen LogP contribution >= 0.6 is 0 Å². The van der Waals surface area contributed by atoms with E-state index in [9.17, 15) is 5.11 Å². The van der Waals surface area contributed by atoms with Crippen molar-refractivity contribution in [3.8, 4) is 0 Å². The molecule has 2 saturated carbocycles. The molecule has 2 heterocycles. The zero-order valence-electron chi connectivity index (χ0n) is 10.9. The molecule has 3 fully saturated rings. The molecular weight excluding hydrogens is 226 g/mol. The summed E-state index contributed by atoms with van der Waals surface area (Å²) in [4.78, 5) is 6.75. The van der Waals surface area contributed by atoms with Gasteiger partial charge in [-0.2, -0.15) is 0 Å². The van der Waals surface area contributed by atoms with Crippen LogP contribution in [0.25, 0.3) is 0 Å². The van der Waals surface area contributed by atoms with Crippen molar-refractivity contribution in [2.75, 3.05) is 6.54 Å². The monoisotopic (exact) mass is 247 g/mol. The minimum Gasteiger partial charge on any atom is -0.391 e. The van der Waals surface area contributed by atoms with E-state index < -0.39 is 0 Å². The summed E-state index contributed by atoms with van der Waals surface area (Å²) in [5, 5.41) is 10.4. The fraction of sp³-hybridized carbons (Fsp3) is 0.786. The Morgan fingerprint density at radius 1 is 1.39 bits per heavy atom. The number of aliphatic hydroxyl groups is 1. The summed E-state index contributed by atoms with van der Waals surface area (Å²) < 4.78 is 2.21. The second-order valence-corrected chi connectivity index (χ2v) is 6.24. The maximum absolute atomic E-state index is 10.4. The lowest BCUT2D eigenvalue weighted by Gasteiger charge is -2.28. The zero-order valence-corrected chi connectivity index (χ0v) is 10.9. The Morgan fingerprint density at radius 3 is 3.06 bits per heavy atom. The zero-order chi connectivity index (χ0) is 12.3. The largest absolute Gasteiger partial charge is 0.391 e. The van der Waals surface area contributed by atoms with Gasteiger partial charge in [0.2, 0.25) is 0 Å². The molecule has 18 heavy (non-hydrogen) atoms. The van der Waals surface area contributed by atoms with Gasteiger partial charge in [-0.3, -0.25) is 4.90 Å². The SMILES string of the molecule is CCn1cncc1CN1CC2CC3CC2C1C3O. The number of rotatable bonds is 3. The highest BCUT2D eigenvalue weighted by molar-refractivity contribution is 5.12. The van der Waals surface area contributed by atoms with Gasteiger partial charge < -0.3 is 9.67 Å². The third-order valence-electron chi connectivity index (χ3n) is 5.45. The predicted molar refractivity (Wildman–Crippen MR) is 67.8 cm³/mol. The van der Waals surface area contributed by atoms with Crippen molar-refractivity contribution >= 4 is 0 Å². The quantitative estimate of drug-likeness (QED) is 0.870. The van der Waals surface area contributed by atoms with Gasteiger partial charge in [-0.05, 0) is 37.5 Å². The smallest absolute Gasteiger partial charge is 0.0948 e. The summed E-state index contributed by atoms with van der Waals surface area (Å²) >= 11 is 0. The number of likely N-dealkylation sites (tertiary alicyclic amines) is 1. The van der Waals surface area contributed by atoms with E-state index in [0.29, 0.717) is 12.0 Å². The molecule has 2 bridgehead atoms. The van der Waals surface area contributed by atoms with Crippen molar-refractivity contribution in [1.29, 1.82) is 0 Å². The summed E-state index contributed by atoms with van der Waals surface area (Å²) in [6.45, 7) is 5.26. The van der Waals surface area contributed by atoms with Crippen molar-refractivity contribution in [2.45, 2.75) is 45.0 Å². The van der Waals surface area contributed by atoms with E-state index in [0.717, 1.165) is 24.9 Å². The van der Waals surface area contributed by atoms with E-state index >= 15 is 0 Å². The van der Waals surface area contributed by atoms with Crippen molar-refractivity contribution in [1.82, 2.24) is 14.5 Å². The van der Waals surface area contributed by atoms with Gasteiger partial charge in [0.05, 0.1) is 18.1 Å². The average Bonchev–Trinajstić information content (AvgIpc) is 3.04. The van der Waals surface area contributed by atoms with Gasteiger partial charge in [0.1, 0.15) is 0 Å². The van der Waals surface area contributed by atoms with Gasteiger partial charge in [-0.1, -0.05) is 0 Å². The molecule has 4 nitrogen and oxygen atoms in total. The summed E-state index contributed by atoms with van der Waals surface area (Å²) in [6.07, 6.45) is 6.33. The first kappa shape index (κ1) is 11.0. The van der Waals surface area contributed by atoms with Crippen LogP contribution < -0.4 is 0 Å². The Bertz CT molecular complexity index is 456. The maximum atomic E-state index is 10.4. The number of aliphatic hydroxyl groups excluding tert-OH is 1. The molecule has 1 aliphatic heterocycles. The molecule has 5 atom stereocenters. The van der Waals surface area contributed by atoms with Gasteiger partial charge >= 0.3 is 0 Å². The molecule has 3 aliphatic rings. The molecule has 2 aliphatic carbocycles. The van der Waals surface area contributed by atoms with Gasteiger partial charge in [-0.25, -0.2) is 4.98 Å². The standard InChI is InChI=1S/C14H21N3O/c1-2-16-8-15-5-11(16)7-17-6-10-3-9-4-12(10)13(17)14(9)18/h5,8-10,12-14,18H,2-4,6-7H2,1H3. The highest BCUT2D eigenvalue weighted by Gasteiger charge is 2.58. The lowest BCUT2D eigenvalue weighted by Crippen LogP contribution is -2.40. The molecule has 0 spiro atoms. The van der Waals surface area contributed by atoms with Crippen molar-refractivity contribution < 1.29 is 5.11 Å². The summed E-state index contributed by atoms with van der Waals surface area (Å²) in [5.74, 6) is 2.20. The highest BCUT2D eigenvalue weighted by atomic mass is 16.3. The number of hydrogen-bond acceptors (Lipinski definition) is 3. The molecule has 4 heteroatoms. The van der Waals surface area contributed by atoms with Crippen LogP contribution in [0.1, 0.15) is 25.5 Å². The number of imidazole rings is 1. The van der Waals surface area contributed by atoms with E-state index in [2.05, 4.69) is 21.4 Å².